The Morgan fingerprint density at radius 3 is 2.96 bits per heavy atom. The molecule has 3 heterocycles. The number of nitrogens with one attached hydrogen (secondary N) is 1. The predicted octanol–water partition coefficient (Wildman–Crippen LogP) is 2.94. The van der Waals surface area contributed by atoms with Crippen LogP contribution in [0.1, 0.15) is 33.9 Å². The highest BCUT2D eigenvalue weighted by Gasteiger charge is 2.29. The van der Waals surface area contributed by atoms with Gasteiger partial charge in [-0.25, -0.2) is 9.37 Å². The Labute approximate surface area is 139 Å². The minimum absolute atomic E-state index is 0.0406. The zero-order chi connectivity index (χ0) is 16.8. The molecule has 1 aromatic carbocycles. The van der Waals surface area contributed by atoms with Crippen LogP contribution in [0.15, 0.2) is 24.5 Å². The Morgan fingerprint density at radius 2 is 2.21 bits per heavy atom. The molecule has 0 saturated heterocycles. The molecule has 0 fully saturated rings. The van der Waals surface area contributed by atoms with Crippen molar-refractivity contribution in [3.8, 4) is 0 Å². The zero-order valence-corrected chi connectivity index (χ0v) is 13.8. The summed E-state index contributed by atoms with van der Waals surface area (Å²) in [6.07, 6.45) is 3.27. The number of para-hydroxylation sites is 1. The summed E-state index contributed by atoms with van der Waals surface area (Å²) in [7, 11) is 1.84. The molecule has 0 saturated carbocycles. The van der Waals surface area contributed by atoms with Crippen molar-refractivity contribution in [3.63, 3.8) is 0 Å². The third-order valence-corrected chi connectivity index (χ3v) is 4.90. The fourth-order valence-corrected chi connectivity index (χ4v) is 3.62. The second-order valence-electron chi connectivity index (χ2n) is 6.32. The SMILES string of the molecule is Cc1[nH]cnc1CN1CCCc2c(c3cccc(F)c3n2C)C1=O. The van der Waals surface area contributed by atoms with E-state index < -0.39 is 0 Å². The number of H-pyrrole nitrogens is 1. The van der Waals surface area contributed by atoms with E-state index in [4.69, 9.17) is 0 Å². The van der Waals surface area contributed by atoms with Gasteiger partial charge in [-0.3, -0.25) is 4.79 Å². The average molecular weight is 326 g/mol. The number of amides is 1. The van der Waals surface area contributed by atoms with Gasteiger partial charge in [0.2, 0.25) is 0 Å². The summed E-state index contributed by atoms with van der Waals surface area (Å²) in [6.45, 7) is 3.10. The van der Waals surface area contributed by atoms with Gasteiger partial charge in [0.05, 0.1) is 29.6 Å². The molecule has 5 nitrogen and oxygen atoms in total. The minimum atomic E-state index is -0.287. The van der Waals surface area contributed by atoms with Crippen LogP contribution in [0.25, 0.3) is 10.9 Å². The normalized spacial score (nSPS) is 15.0. The third-order valence-electron chi connectivity index (χ3n) is 4.90. The van der Waals surface area contributed by atoms with Crippen LogP contribution in [0.5, 0.6) is 0 Å². The molecule has 0 radical (unpaired) electrons. The Kier molecular flexibility index (Phi) is 3.40. The van der Waals surface area contributed by atoms with Gasteiger partial charge in [0.1, 0.15) is 5.82 Å². The monoisotopic (exact) mass is 326 g/mol. The van der Waals surface area contributed by atoms with Crippen molar-refractivity contribution in [2.75, 3.05) is 6.54 Å². The average Bonchev–Trinajstić information content (AvgIpc) is 3.03. The molecule has 124 valence electrons. The molecule has 2 aromatic heterocycles. The maximum Gasteiger partial charge on any atom is 0.256 e. The van der Waals surface area contributed by atoms with Crippen LogP contribution < -0.4 is 0 Å². The molecule has 0 aliphatic carbocycles. The van der Waals surface area contributed by atoms with Crippen LogP contribution in [0.3, 0.4) is 0 Å². The molecular weight excluding hydrogens is 307 g/mol. The Hall–Kier alpha value is -2.63. The first-order valence-electron chi connectivity index (χ1n) is 8.12. The van der Waals surface area contributed by atoms with Gasteiger partial charge in [0, 0.05) is 30.4 Å². The van der Waals surface area contributed by atoms with E-state index in [1.165, 1.54) is 6.07 Å². The molecule has 0 atom stereocenters. The zero-order valence-electron chi connectivity index (χ0n) is 13.8. The van der Waals surface area contributed by atoms with Gasteiger partial charge in [0.15, 0.2) is 0 Å². The molecule has 0 unspecified atom stereocenters. The number of imidazole rings is 1. The van der Waals surface area contributed by atoms with Crippen LogP contribution in [0, 0.1) is 12.7 Å². The minimum Gasteiger partial charge on any atom is -0.348 e. The van der Waals surface area contributed by atoms with Crippen molar-refractivity contribution in [2.24, 2.45) is 7.05 Å². The fourth-order valence-electron chi connectivity index (χ4n) is 3.62. The first kappa shape index (κ1) is 14.9. The van der Waals surface area contributed by atoms with Crippen molar-refractivity contribution in [1.29, 1.82) is 0 Å². The van der Waals surface area contributed by atoms with Crippen LogP contribution in [0.2, 0.25) is 0 Å². The van der Waals surface area contributed by atoms with Crippen LogP contribution >= 0.6 is 0 Å². The van der Waals surface area contributed by atoms with E-state index in [1.54, 1.807) is 12.4 Å². The van der Waals surface area contributed by atoms with Gasteiger partial charge in [-0.05, 0) is 25.8 Å². The van der Waals surface area contributed by atoms with E-state index in [0.29, 0.717) is 29.6 Å². The number of nitrogens with zero attached hydrogens (tertiary/aromatic N) is 3. The van der Waals surface area contributed by atoms with Gasteiger partial charge in [-0.2, -0.15) is 0 Å². The van der Waals surface area contributed by atoms with E-state index >= 15 is 0 Å². The van der Waals surface area contributed by atoms with E-state index in [0.717, 1.165) is 29.9 Å². The molecule has 6 heteroatoms. The van der Waals surface area contributed by atoms with Gasteiger partial charge in [0.25, 0.3) is 5.91 Å². The second kappa shape index (κ2) is 5.47. The standard InChI is InChI=1S/C18H19FN4O/c1-11-14(21-10-20-11)9-23-8-4-7-15-16(18(23)24)12-5-3-6-13(19)17(12)22(15)2/h3,5-6,10H,4,7-9H2,1-2H3,(H,20,21). The number of aromatic nitrogens is 3. The highest BCUT2D eigenvalue weighted by atomic mass is 19.1. The highest BCUT2D eigenvalue weighted by Crippen LogP contribution is 2.31. The molecule has 0 bridgehead atoms. The Bertz CT molecular complexity index is 940. The third kappa shape index (κ3) is 2.13. The predicted molar refractivity (Wildman–Crippen MR) is 89.3 cm³/mol. The molecular formula is C18H19FN4O. The van der Waals surface area contributed by atoms with Crippen LogP contribution in [-0.4, -0.2) is 31.9 Å². The van der Waals surface area contributed by atoms with Gasteiger partial charge < -0.3 is 14.5 Å². The largest absolute Gasteiger partial charge is 0.348 e. The summed E-state index contributed by atoms with van der Waals surface area (Å²) in [5.74, 6) is -0.327. The Balaban J connectivity index is 1.82. The molecule has 1 N–H and O–H groups in total. The topological polar surface area (TPSA) is 53.9 Å². The number of aryl methyl sites for hydroxylation is 2. The molecule has 24 heavy (non-hydrogen) atoms. The summed E-state index contributed by atoms with van der Waals surface area (Å²) in [4.78, 5) is 22.3. The number of aromatic amines is 1. The summed E-state index contributed by atoms with van der Waals surface area (Å²) in [5.41, 5.74) is 3.90. The number of halogens is 1. The highest BCUT2D eigenvalue weighted by molar-refractivity contribution is 6.08. The smallest absolute Gasteiger partial charge is 0.256 e. The lowest BCUT2D eigenvalue weighted by atomic mass is 10.1. The number of fused-ring (bicyclic) bond motifs is 3. The van der Waals surface area contributed by atoms with Crippen molar-refractivity contribution in [1.82, 2.24) is 19.4 Å². The Morgan fingerprint density at radius 1 is 1.38 bits per heavy atom. The van der Waals surface area contributed by atoms with Crippen molar-refractivity contribution in [2.45, 2.75) is 26.3 Å². The summed E-state index contributed by atoms with van der Waals surface area (Å²) in [6, 6.07) is 4.94. The maximum absolute atomic E-state index is 14.3. The molecule has 1 aliphatic rings. The quantitative estimate of drug-likeness (QED) is 0.787. The van der Waals surface area contributed by atoms with E-state index in [-0.39, 0.29) is 11.7 Å². The number of carbonyl (C=O) groups excluding carboxylic acids is 1. The van der Waals surface area contributed by atoms with Gasteiger partial charge in [-0.15, -0.1) is 0 Å². The molecule has 3 aromatic rings. The first-order valence-corrected chi connectivity index (χ1v) is 8.12. The molecule has 1 aliphatic heterocycles. The number of hydrogen-bond acceptors (Lipinski definition) is 2. The van der Waals surface area contributed by atoms with Gasteiger partial charge in [-0.1, -0.05) is 12.1 Å². The second-order valence-corrected chi connectivity index (χ2v) is 6.32. The van der Waals surface area contributed by atoms with E-state index in [9.17, 15) is 9.18 Å². The summed E-state index contributed by atoms with van der Waals surface area (Å²) in [5, 5.41) is 0.697. The lowest BCUT2D eigenvalue weighted by molar-refractivity contribution is 0.0748. The van der Waals surface area contributed by atoms with Crippen molar-refractivity contribution >= 4 is 16.8 Å². The summed E-state index contributed by atoms with van der Waals surface area (Å²) >= 11 is 0. The first-order chi connectivity index (χ1) is 11.6. The number of benzene rings is 1. The fraction of sp³-hybridized carbons (Fsp3) is 0.333. The van der Waals surface area contributed by atoms with Crippen LogP contribution in [0.4, 0.5) is 4.39 Å². The van der Waals surface area contributed by atoms with Gasteiger partial charge >= 0.3 is 0 Å². The molecule has 0 spiro atoms. The molecule has 4 rings (SSSR count). The number of carbonyl (C=O) groups is 1. The number of rotatable bonds is 2. The lowest BCUT2D eigenvalue weighted by Gasteiger charge is -2.20. The van der Waals surface area contributed by atoms with E-state index in [1.807, 2.05) is 29.5 Å². The lowest BCUT2D eigenvalue weighted by Crippen LogP contribution is -2.30. The summed E-state index contributed by atoms with van der Waals surface area (Å²) < 4.78 is 16.1. The number of hydrogen-bond donors (Lipinski definition) is 1. The van der Waals surface area contributed by atoms with Crippen molar-refractivity contribution in [3.05, 3.63) is 53.0 Å². The maximum atomic E-state index is 14.3. The van der Waals surface area contributed by atoms with E-state index in [2.05, 4.69) is 9.97 Å². The molecule has 1 amide bonds. The van der Waals surface area contributed by atoms with Crippen LogP contribution in [-0.2, 0) is 20.0 Å². The van der Waals surface area contributed by atoms with Crippen molar-refractivity contribution < 1.29 is 9.18 Å².